The molecule has 0 heterocycles. The van der Waals surface area contributed by atoms with Crippen LogP contribution >= 0.6 is 0 Å². The fourth-order valence-corrected chi connectivity index (χ4v) is 8.75. The predicted molar refractivity (Wildman–Crippen MR) is 230 cm³/mol. The second-order valence-corrected chi connectivity index (χ2v) is 14.9. The van der Waals surface area contributed by atoms with Crippen LogP contribution in [0.2, 0.25) is 0 Å². The van der Waals surface area contributed by atoms with Gasteiger partial charge in [-0.2, -0.15) is 0 Å². The molecule has 54 heavy (non-hydrogen) atoms. The largest absolute Gasteiger partial charge is 0.310 e. The molecule has 0 aliphatic heterocycles. The van der Waals surface area contributed by atoms with Gasteiger partial charge >= 0.3 is 0 Å². The number of fused-ring (bicyclic) bond motifs is 5. The topological polar surface area (TPSA) is 3.24 Å². The molecule has 0 amide bonds. The van der Waals surface area contributed by atoms with Crippen LogP contribution in [-0.2, 0) is 5.41 Å². The molecule has 0 unspecified atom stereocenters. The predicted octanol–water partition coefficient (Wildman–Crippen LogP) is 14.8. The molecule has 1 aliphatic carbocycles. The third-order valence-corrected chi connectivity index (χ3v) is 11.5. The second kappa shape index (κ2) is 12.8. The summed E-state index contributed by atoms with van der Waals surface area (Å²) in [6.07, 6.45) is 0. The van der Waals surface area contributed by atoms with Gasteiger partial charge in [0.05, 0.1) is 5.69 Å². The molecular weight excluding hydrogens is 651 g/mol. The lowest BCUT2D eigenvalue weighted by molar-refractivity contribution is 0.660. The fourth-order valence-electron chi connectivity index (χ4n) is 8.75. The molecule has 0 radical (unpaired) electrons. The fraction of sp³-hybridized carbons (Fsp3) is 0.0566. The molecule has 1 nitrogen and oxygen atoms in total. The summed E-state index contributed by atoms with van der Waals surface area (Å²) in [6.45, 7) is 4.71. The number of benzene rings is 9. The van der Waals surface area contributed by atoms with E-state index >= 15 is 0 Å². The average molecular weight is 690 g/mol. The van der Waals surface area contributed by atoms with E-state index < -0.39 is 0 Å². The standard InChI is InChI=1S/C53H39N/c1-53(2)49-22-9-8-19-48(49)52-50(53)23-12-24-51(52)54(42-30-25-38(26-31-42)45-20-10-16-37-15-6-7-18-44(37)45)43-32-27-39(28-33-43)46-21-11-17-41-35-40(29-34-47(41)46)36-13-4-3-5-14-36/h3-35H,1-2H3. The molecule has 0 aromatic heterocycles. The van der Waals surface area contributed by atoms with Gasteiger partial charge in [-0.25, -0.2) is 0 Å². The van der Waals surface area contributed by atoms with Gasteiger partial charge in [-0.1, -0.05) is 178 Å². The number of hydrogen-bond acceptors (Lipinski definition) is 1. The van der Waals surface area contributed by atoms with Gasteiger partial charge in [0.1, 0.15) is 0 Å². The van der Waals surface area contributed by atoms with Crippen molar-refractivity contribution in [2.45, 2.75) is 19.3 Å². The van der Waals surface area contributed by atoms with Crippen molar-refractivity contribution in [3.05, 3.63) is 211 Å². The maximum Gasteiger partial charge on any atom is 0.0543 e. The summed E-state index contributed by atoms with van der Waals surface area (Å²) in [5, 5.41) is 5.02. The Morgan fingerprint density at radius 3 is 1.59 bits per heavy atom. The van der Waals surface area contributed by atoms with E-state index in [1.807, 2.05) is 0 Å². The van der Waals surface area contributed by atoms with Crippen molar-refractivity contribution in [2.24, 2.45) is 0 Å². The van der Waals surface area contributed by atoms with Gasteiger partial charge < -0.3 is 4.90 Å². The Balaban J connectivity index is 1.10. The van der Waals surface area contributed by atoms with Gasteiger partial charge in [0.2, 0.25) is 0 Å². The van der Waals surface area contributed by atoms with E-state index in [-0.39, 0.29) is 5.41 Å². The Morgan fingerprint density at radius 2 is 0.870 bits per heavy atom. The smallest absolute Gasteiger partial charge is 0.0543 e. The summed E-state index contributed by atoms with van der Waals surface area (Å²) in [4.78, 5) is 2.45. The molecule has 10 rings (SSSR count). The Labute approximate surface area is 317 Å². The quantitative estimate of drug-likeness (QED) is 0.168. The van der Waals surface area contributed by atoms with Crippen molar-refractivity contribution < 1.29 is 0 Å². The number of anilines is 3. The van der Waals surface area contributed by atoms with E-state index in [4.69, 9.17) is 0 Å². The van der Waals surface area contributed by atoms with Crippen molar-refractivity contribution in [2.75, 3.05) is 4.90 Å². The summed E-state index contributed by atoms with van der Waals surface area (Å²) < 4.78 is 0. The molecule has 9 aromatic rings. The molecule has 0 fully saturated rings. The third-order valence-electron chi connectivity index (χ3n) is 11.5. The maximum atomic E-state index is 2.45. The highest BCUT2D eigenvalue weighted by molar-refractivity contribution is 6.00. The molecule has 1 aliphatic rings. The van der Waals surface area contributed by atoms with E-state index in [1.54, 1.807) is 0 Å². The first-order valence-electron chi connectivity index (χ1n) is 18.8. The van der Waals surface area contributed by atoms with Gasteiger partial charge in [-0.15, -0.1) is 0 Å². The van der Waals surface area contributed by atoms with Crippen molar-refractivity contribution in [3.63, 3.8) is 0 Å². The SMILES string of the molecule is CC1(C)c2ccccc2-c2c(N(c3ccc(-c4cccc5ccccc45)cc3)c3ccc(-c4cccc5cc(-c6ccccc6)ccc45)cc3)cccc21. The highest BCUT2D eigenvalue weighted by Gasteiger charge is 2.37. The van der Waals surface area contributed by atoms with Crippen molar-refractivity contribution >= 4 is 38.6 Å². The monoisotopic (exact) mass is 689 g/mol. The summed E-state index contributed by atoms with van der Waals surface area (Å²) in [5.41, 5.74) is 16.1. The summed E-state index contributed by atoms with van der Waals surface area (Å²) in [7, 11) is 0. The normalized spacial score (nSPS) is 12.8. The first kappa shape index (κ1) is 32.0. The van der Waals surface area contributed by atoms with Crippen LogP contribution in [0, 0.1) is 0 Å². The molecule has 9 aromatic carbocycles. The molecule has 0 spiro atoms. The lowest BCUT2D eigenvalue weighted by atomic mass is 9.82. The second-order valence-electron chi connectivity index (χ2n) is 14.9. The van der Waals surface area contributed by atoms with Gasteiger partial charge in [-0.3, -0.25) is 0 Å². The lowest BCUT2D eigenvalue weighted by Crippen LogP contribution is -2.16. The third kappa shape index (κ3) is 5.24. The maximum absolute atomic E-state index is 2.45. The van der Waals surface area contributed by atoms with Crippen molar-refractivity contribution in [3.8, 4) is 44.5 Å². The molecule has 0 saturated carbocycles. The molecule has 256 valence electrons. The number of nitrogens with zero attached hydrogens (tertiary/aromatic N) is 1. The molecule has 0 atom stereocenters. The highest BCUT2D eigenvalue weighted by atomic mass is 15.1. The van der Waals surface area contributed by atoms with Crippen LogP contribution in [-0.4, -0.2) is 0 Å². The van der Waals surface area contributed by atoms with Crippen LogP contribution in [0.25, 0.3) is 66.1 Å². The van der Waals surface area contributed by atoms with Gasteiger partial charge in [0.15, 0.2) is 0 Å². The minimum absolute atomic E-state index is 0.0928. The van der Waals surface area contributed by atoms with E-state index in [0.29, 0.717) is 0 Å². The van der Waals surface area contributed by atoms with Crippen LogP contribution in [0.4, 0.5) is 17.1 Å². The van der Waals surface area contributed by atoms with Crippen LogP contribution < -0.4 is 4.90 Å². The molecular formula is C53H39N. The van der Waals surface area contributed by atoms with E-state index in [0.717, 1.165) is 11.4 Å². The Kier molecular flexibility index (Phi) is 7.56. The van der Waals surface area contributed by atoms with Gasteiger partial charge in [0, 0.05) is 22.4 Å². The van der Waals surface area contributed by atoms with Crippen molar-refractivity contribution in [1.82, 2.24) is 0 Å². The molecule has 0 saturated heterocycles. The molecule has 1 heteroatoms. The van der Waals surface area contributed by atoms with Gasteiger partial charge in [-0.05, 0) is 108 Å². The van der Waals surface area contributed by atoms with Crippen LogP contribution in [0.5, 0.6) is 0 Å². The van der Waals surface area contributed by atoms with Gasteiger partial charge in [0.25, 0.3) is 0 Å². The van der Waals surface area contributed by atoms with E-state index in [9.17, 15) is 0 Å². The first-order valence-corrected chi connectivity index (χ1v) is 18.8. The Hall–Kier alpha value is -6.70. The zero-order valence-corrected chi connectivity index (χ0v) is 30.5. The summed E-state index contributed by atoms with van der Waals surface area (Å²) >= 11 is 0. The molecule has 0 bridgehead atoms. The highest BCUT2D eigenvalue weighted by Crippen LogP contribution is 2.54. The summed E-state index contributed by atoms with van der Waals surface area (Å²) in [5.74, 6) is 0. The number of hydrogen-bond donors (Lipinski definition) is 0. The van der Waals surface area contributed by atoms with E-state index in [2.05, 4.69) is 219 Å². The van der Waals surface area contributed by atoms with Crippen LogP contribution in [0.3, 0.4) is 0 Å². The van der Waals surface area contributed by atoms with Crippen LogP contribution in [0.1, 0.15) is 25.0 Å². The average Bonchev–Trinajstić information content (AvgIpc) is 3.47. The minimum atomic E-state index is -0.0928. The Bertz CT molecular complexity index is 2820. The first-order chi connectivity index (χ1) is 26.5. The number of rotatable bonds is 6. The minimum Gasteiger partial charge on any atom is -0.310 e. The molecule has 0 N–H and O–H groups in total. The summed E-state index contributed by atoms with van der Waals surface area (Å²) in [6, 6.07) is 73.3. The Morgan fingerprint density at radius 1 is 0.352 bits per heavy atom. The zero-order valence-electron chi connectivity index (χ0n) is 30.5. The van der Waals surface area contributed by atoms with Crippen molar-refractivity contribution in [1.29, 1.82) is 0 Å². The lowest BCUT2D eigenvalue weighted by Gasteiger charge is -2.29. The van der Waals surface area contributed by atoms with Crippen LogP contribution in [0.15, 0.2) is 200 Å². The zero-order chi connectivity index (χ0) is 36.2. The van der Waals surface area contributed by atoms with E-state index in [1.165, 1.54) is 82.9 Å².